The number of carbonyl (C=O) groups is 1. The molecule has 0 aliphatic heterocycles. The molecule has 1 fully saturated rings. The number of hydrogen-bond acceptors (Lipinski definition) is 2. The molecule has 1 aliphatic carbocycles. The van der Waals surface area contributed by atoms with Crippen LogP contribution in [0.15, 0.2) is 0 Å². The fourth-order valence-electron chi connectivity index (χ4n) is 1.34. The lowest BCUT2D eigenvalue weighted by molar-refractivity contribution is -0.118. The van der Waals surface area contributed by atoms with Crippen LogP contribution >= 0.6 is 0 Å². The maximum atomic E-state index is 10.5. The van der Waals surface area contributed by atoms with Crippen LogP contribution in [0.4, 0.5) is 0 Å². The fourth-order valence-corrected chi connectivity index (χ4v) is 1.34. The highest BCUT2D eigenvalue weighted by atomic mass is 16.1. The third-order valence-electron chi connectivity index (χ3n) is 2.13. The van der Waals surface area contributed by atoms with Crippen LogP contribution in [0.3, 0.4) is 0 Å². The molecule has 0 bridgehead atoms. The molecule has 0 saturated heterocycles. The summed E-state index contributed by atoms with van der Waals surface area (Å²) in [4.78, 5) is 10.5. The van der Waals surface area contributed by atoms with Gasteiger partial charge in [0.05, 0.1) is 0 Å². The summed E-state index contributed by atoms with van der Waals surface area (Å²) in [7, 11) is 0. The van der Waals surface area contributed by atoms with E-state index >= 15 is 0 Å². The van der Waals surface area contributed by atoms with Crippen LogP contribution in [0.2, 0.25) is 0 Å². The van der Waals surface area contributed by atoms with E-state index in [2.05, 4.69) is 5.32 Å². The first-order valence-electron chi connectivity index (χ1n) is 4.23. The van der Waals surface area contributed by atoms with Gasteiger partial charge < -0.3 is 11.1 Å². The zero-order valence-corrected chi connectivity index (χ0v) is 6.97. The number of primary amides is 1. The van der Waals surface area contributed by atoms with Gasteiger partial charge in [0.2, 0.25) is 5.91 Å². The Morgan fingerprint density at radius 2 is 2.36 bits per heavy atom. The molecule has 64 valence electrons. The molecule has 11 heavy (non-hydrogen) atoms. The zero-order valence-electron chi connectivity index (χ0n) is 6.97. The maximum absolute atomic E-state index is 10.5. The van der Waals surface area contributed by atoms with E-state index in [1.54, 1.807) is 0 Å². The summed E-state index contributed by atoms with van der Waals surface area (Å²) in [5.41, 5.74) is 5.05. The third kappa shape index (κ3) is 2.89. The number of hydrogen-bond donors (Lipinski definition) is 2. The third-order valence-corrected chi connectivity index (χ3v) is 2.13. The smallest absolute Gasteiger partial charge is 0.218 e. The number of nitrogens with one attached hydrogen (secondary N) is 1. The minimum atomic E-state index is -0.218. The molecule has 3 heteroatoms. The molecule has 0 heterocycles. The summed E-state index contributed by atoms with van der Waals surface area (Å²) >= 11 is 0. The molecule has 1 unspecified atom stereocenters. The SMILES string of the molecule is CC(CC(N)=O)NC1CCC1. The molecule has 1 saturated carbocycles. The monoisotopic (exact) mass is 156 g/mol. The van der Waals surface area contributed by atoms with Gasteiger partial charge in [0.15, 0.2) is 0 Å². The lowest BCUT2D eigenvalue weighted by Crippen LogP contribution is -2.42. The molecular formula is C8H16N2O. The molecule has 0 aromatic heterocycles. The molecule has 1 atom stereocenters. The minimum absolute atomic E-state index is 0.218. The van der Waals surface area contributed by atoms with E-state index in [1.807, 2.05) is 6.92 Å². The Morgan fingerprint density at radius 1 is 1.73 bits per heavy atom. The highest BCUT2D eigenvalue weighted by Crippen LogP contribution is 2.18. The van der Waals surface area contributed by atoms with Crippen LogP contribution in [0.25, 0.3) is 0 Å². The quantitative estimate of drug-likeness (QED) is 0.618. The molecule has 1 aliphatic rings. The van der Waals surface area contributed by atoms with Crippen molar-refractivity contribution >= 4 is 5.91 Å². The lowest BCUT2D eigenvalue weighted by Gasteiger charge is -2.29. The van der Waals surface area contributed by atoms with Crippen molar-refractivity contribution in [2.45, 2.75) is 44.7 Å². The fraction of sp³-hybridized carbons (Fsp3) is 0.875. The number of rotatable bonds is 4. The van der Waals surface area contributed by atoms with Crippen molar-refractivity contribution in [3.8, 4) is 0 Å². The second kappa shape index (κ2) is 3.72. The highest BCUT2D eigenvalue weighted by Gasteiger charge is 2.19. The van der Waals surface area contributed by atoms with Crippen LogP contribution in [-0.4, -0.2) is 18.0 Å². The van der Waals surface area contributed by atoms with E-state index in [-0.39, 0.29) is 11.9 Å². The predicted octanol–water partition coefficient (Wildman–Crippen LogP) is 0.392. The molecule has 0 spiro atoms. The van der Waals surface area contributed by atoms with Crippen LogP contribution in [-0.2, 0) is 4.79 Å². The molecule has 0 radical (unpaired) electrons. The Morgan fingerprint density at radius 3 is 2.73 bits per heavy atom. The van der Waals surface area contributed by atoms with Gasteiger partial charge in [0.1, 0.15) is 0 Å². The first-order valence-corrected chi connectivity index (χ1v) is 4.23. The topological polar surface area (TPSA) is 55.1 Å². The van der Waals surface area contributed by atoms with Crippen LogP contribution in [0, 0.1) is 0 Å². The van der Waals surface area contributed by atoms with Crippen molar-refractivity contribution in [3.05, 3.63) is 0 Å². The Kier molecular flexibility index (Phi) is 2.88. The number of carbonyl (C=O) groups excluding carboxylic acids is 1. The summed E-state index contributed by atoms with van der Waals surface area (Å²) in [6.07, 6.45) is 4.28. The number of amides is 1. The van der Waals surface area contributed by atoms with Crippen molar-refractivity contribution in [1.82, 2.24) is 5.32 Å². The molecule has 3 nitrogen and oxygen atoms in total. The predicted molar refractivity (Wildman–Crippen MR) is 44.0 cm³/mol. The highest BCUT2D eigenvalue weighted by molar-refractivity contribution is 5.74. The molecule has 0 aromatic carbocycles. The molecule has 3 N–H and O–H groups in total. The Bertz CT molecular complexity index is 143. The second-order valence-electron chi connectivity index (χ2n) is 3.37. The lowest BCUT2D eigenvalue weighted by atomic mass is 9.92. The van der Waals surface area contributed by atoms with Gasteiger partial charge in [0.25, 0.3) is 0 Å². The average Bonchev–Trinajstić information content (AvgIpc) is 1.77. The van der Waals surface area contributed by atoms with Crippen molar-refractivity contribution in [2.24, 2.45) is 5.73 Å². The number of nitrogens with two attached hydrogens (primary N) is 1. The first kappa shape index (κ1) is 8.53. The first-order chi connectivity index (χ1) is 5.18. The Hall–Kier alpha value is -0.570. The minimum Gasteiger partial charge on any atom is -0.370 e. The van der Waals surface area contributed by atoms with Gasteiger partial charge in [-0.15, -0.1) is 0 Å². The largest absolute Gasteiger partial charge is 0.370 e. The standard InChI is InChI=1S/C8H16N2O/c1-6(5-8(9)11)10-7-3-2-4-7/h6-7,10H,2-5H2,1H3,(H2,9,11). The van der Waals surface area contributed by atoms with Crippen molar-refractivity contribution in [3.63, 3.8) is 0 Å². The van der Waals surface area contributed by atoms with Crippen LogP contribution in [0.1, 0.15) is 32.6 Å². The molecule has 1 amide bonds. The van der Waals surface area contributed by atoms with Crippen LogP contribution in [0.5, 0.6) is 0 Å². The van der Waals surface area contributed by atoms with Gasteiger partial charge in [-0.3, -0.25) is 4.79 Å². The summed E-state index contributed by atoms with van der Waals surface area (Å²) in [6.45, 7) is 2.00. The van der Waals surface area contributed by atoms with E-state index in [0.717, 1.165) is 0 Å². The van der Waals surface area contributed by atoms with E-state index < -0.39 is 0 Å². The van der Waals surface area contributed by atoms with E-state index in [0.29, 0.717) is 12.5 Å². The molecule has 0 aromatic rings. The van der Waals surface area contributed by atoms with E-state index in [9.17, 15) is 4.79 Å². The summed E-state index contributed by atoms with van der Waals surface area (Å²) in [5.74, 6) is -0.218. The van der Waals surface area contributed by atoms with Crippen LogP contribution < -0.4 is 11.1 Å². The second-order valence-corrected chi connectivity index (χ2v) is 3.37. The Balaban J connectivity index is 2.09. The van der Waals surface area contributed by atoms with Crippen molar-refractivity contribution in [1.29, 1.82) is 0 Å². The van der Waals surface area contributed by atoms with Crippen molar-refractivity contribution < 1.29 is 4.79 Å². The Labute approximate surface area is 67.3 Å². The summed E-state index contributed by atoms with van der Waals surface area (Å²) in [6, 6.07) is 0.891. The normalized spacial score (nSPS) is 20.8. The summed E-state index contributed by atoms with van der Waals surface area (Å²) in [5, 5.41) is 3.35. The van der Waals surface area contributed by atoms with Gasteiger partial charge in [0, 0.05) is 18.5 Å². The average molecular weight is 156 g/mol. The van der Waals surface area contributed by atoms with Gasteiger partial charge in [-0.25, -0.2) is 0 Å². The van der Waals surface area contributed by atoms with Gasteiger partial charge in [-0.2, -0.15) is 0 Å². The van der Waals surface area contributed by atoms with Crippen molar-refractivity contribution in [2.75, 3.05) is 0 Å². The van der Waals surface area contributed by atoms with E-state index in [4.69, 9.17) is 5.73 Å². The summed E-state index contributed by atoms with van der Waals surface area (Å²) < 4.78 is 0. The maximum Gasteiger partial charge on any atom is 0.218 e. The zero-order chi connectivity index (χ0) is 8.27. The molecular weight excluding hydrogens is 140 g/mol. The van der Waals surface area contributed by atoms with Gasteiger partial charge in [-0.1, -0.05) is 6.42 Å². The van der Waals surface area contributed by atoms with Gasteiger partial charge >= 0.3 is 0 Å². The van der Waals surface area contributed by atoms with Gasteiger partial charge in [-0.05, 0) is 19.8 Å². The van der Waals surface area contributed by atoms with E-state index in [1.165, 1.54) is 19.3 Å². The molecule has 1 rings (SSSR count).